The number of likely N-dealkylation sites (N-methyl/N-ethyl adjacent to an activating group) is 1. The third-order valence-electron chi connectivity index (χ3n) is 7.03. The Morgan fingerprint density at radius 1 is 1.30 bits per heavy atom. The molecule has 0 bridgehead atoms. The van der Waals surface area contributed by atoms with Crippen LogP contribution >= 0.6 is 0 Å². The van der Waals surface area contributed by atoms with Crippen molar-refractivity contribution in [3.05, 3.63) is 60.3 Å². The number of anilines is 2. The Labute approximate surface area is 235 Å². The Kier molecular flexibility index (Phi) is 9.40. The molecule has 40 heavy (non-hydrogen) atoms. The molecule has 0 saturated carbocycles. The number of aromatic hydroxyl groups is 1. The maximum atomic E-state index is 12.4. The molecule has 1 aromatic heterocycles. The highest BCUT2D eigenvalue weighted by atomic mass is 16.5. The lowest BCUT2D eigenvalue weighted by Gasteiger charge is -2.41. The Balaban J connectivity index is 1.68. The van der Waals surface area contributed by atoms with Crippen molar-refractivity contribution in [1.82, 2.24) is 19.8 Å². The summed E-state index contributed by atoms with van der Waals surface area (Å²) in [6.07, 6.45) is 2.20. The molecule has 1 saturated heterocycles. The van der Waals surface area contributed by atoms with Crippen LogP contribution in [0.1, 0.15) is 24.6 Å². The molecule has 1 fully saturated rings. The van der Waals surface area contributed by atoms with Gasteiger partial charge in [-0.05, 0) is 38.0 Å². The average molecular weight is 544 g/mol. The summed E-state index contributed by atoms with van der Waals surface area (Å²) in [5.74, 6) is 0.765. The molecule has 10 heteroatoms. The van der Waals surface area contributed by atoms with Crippen LogP contribution in [0.15, 0.2) is 49.1 Å². The Hall–Kier alpha value is -4.36. The molecule has 0 radical (unpaired) electrons. The summed E-state index contributed by atoms with van der Waals surface area (Å²) in [7, 11) is 3.95. The Bertz CT molecular complexity index is 1400. The van der Waals surface area contributed by atoms with Crippen LogP contribution in [0.5, 0.6) is 11.8 Å². The van der Waals surface area contributed by atoms with Gasteiger partial charge in [0.25, 0.3) is 0 Å². The van der Waals surface area contributed by atoms with E-state index in [0.29, 0.717) is 45.8 Å². The van der Waals surface area contributed by atoms with Gasteiger partial charge < -0.3 is 29.9 Å². The van der Waals surface area contributed by atoms with Gasteiger partial charge in [-0.3, -0.25) is 4.79 Å². The van der Waals surface area contributed by atoms with Crippen LogP contribution in [0.4, 0.5) is 11.5 Å². The summed E-state index contributed by atoms with van der Waals surface area (Å²) in [6, 6.07) is 13.6. The standard InChI is InChI=1S/C30H37N7O3/c1-5-24-27(19-32-26-18-23(38)17-21-9-7-8-10-25(21)26)33-30(40-16-15-35(3)4)34-29(24)36-13-14-37(28(39)6-2)22(20-36)11-12-31/h6-10,17-18,22,32,38H,2,5,11,13-16,19-20H2,1,3-4H3. The van der Waals surface area contributed by atoms with Crippen LogP contribution in [0.2, 0.25) is 0 Å². The fraction of sp³-hybridized carbons (Fsp3) is 0.400. The number of fused-ring (bicyclic) bond motifs is 1. The number of nitriles is 1. The largest absolute Gasteiger partial charge is 0.508 e. The second kappa shape index (κ2) is 13.1. The SMILES string of the molecule is C=CC(=O)N1CCN(c2nc(OCCN(C)C)nc(CNc3cc(O)cc4ccccc34)c2CC)CC1CC#N. The fourth-order valence-electron chi connectivity index (χ4n) is 5.00. The number of carbonyl (C=O) groups excluding carboxylic acids is 1. The van der Waals surface area contributed by atoms with Gasteiger partial charge in [-0.1, -0.05) is 37.8 Å². The minimum absolute atomic E-state index is 0.172. The lowest BCUT2D eigenvalue weighted by Crippen LogP contribution is -2.55. The van der Waals surface area contributed by atoms with E-state index in [4.69, 9.17) is 14.7 Å². The Morgan fingerprint density at radius 2 is 2.10 bits per heavy atom. The molecule has 2 heterocycles. The summed E-state index contributed by atoms with van der Waals surface area (Å²) < 4.78 is 5.99. The number of phenolic OH excluding ortho intramolecular Hbond substituents is 1. The third kappa shape index (κ3) is 6.61. The molecule has 2 N–H and O–H groups in total. The van der Waals surface area contributed by atoms with Crippen molar-refractivity contribution in [3.63, 3.8) is 0 Å². The van der Waals surface area contributed by atoms with Crippen molar-refractivity contribution < 1.29 is 14.6 Å². The number of carbonyl (C=O) groups is 1. The first-order chi connectivity index (χ1) is 19.3. The molecule has 1 amide bonds. The molecule has 1 atom stereocenters. The minimum Gasteiger partial charge on any atom is -0.508 e. The monoisotopic (exact) mass is 543 g/mol. The summed E-state index contributed by atoms with van der Waals surface area (Å²) in [5.41, 5.74) is 2.57. The second-order valence-electron chi connectivity index (χ2n) is 10.0. The molecule has 3 aromatic rings. The van der Waals surface area contributed by atoms with E-state index in [0.717, 1.165) is 33.5 Å². The van der Waals surface area contributed by atoms with Crippen molar-refractivity contribution in [2.75, 3.05) is 57.1 Å². The average Bonchev–Trinajstić information content (AvgIpc) is 2.95. The summed E-state index contributed by atoms with van der Waals surface area (Å²) in [5, 5.41) is 25.2. The van der Waals surface area contributed by atoms with E-state index in [-0.39, 0.29) is 30.1 Å². The van der Waals surface area contributed by atoms with Crippen LogP contribution in [0, 0.1) is 11.3 Å². The van der Waals surface area contributed by atoms with Crippen LogP contribution in [0.25, 0.3) is 10.8 Å². The summed E-state index contributed by atoms with van der Waals surface area (Å²) >= 11 is 0. The van der Waals surface area contributed by atoms with E-state index in [1.807, 2.05) is 43.3 Å². The fourth-order valence-corrected chi connectivity index (χ4v) is 5.00. The lowest BCUT2D eigenvalue weighted by atomic mass is 10.1. The molecule has 210 valence electrons. The highest BCUT2D eigenvalue weighted by Gasteiger charge is 2.31. The van der Waals surface area contributed by atoms with Gasteiger partial charge in [0.2, 0.25) is 5.91 Å². The van der Waals surface area contributed by atoms with Crippen molar-refractivity contribution in [2.45, 2.75) is 32.4 Å². The second-order valence-corrected chi connectivity index (χ2v) is 10.0. The zero-order chi connectivity index (χ0) is 28.6. The number of nitrogens with one attached hydrogen (secondary N) is 1. The number of phenols is 1. The highest BCUT2D eigenvalue weighted by molar-refractivity contribution is 5.95. The van der Waals surface area contributed by atoms with Crippen LogP contribution in [-0.2, 0) is 17.8 Å². The number of aromatic nitrogens is 2. The molecule has 0 aliphatic carbocycles. The quantitative estimate of drug-likeness (QED) is 0.350. The first-order valence-electron chi connectivity index (χ1n) is 13.5. The van der Waals surface area contributed by atoms with Gasteiger partial charge in [0, 0.05) is 48.9 Å². The summed E-state index contributed by atoms with van der Waals surface area (Å²) in [4.78, 5) is 27.9. The van der Waals surface area contributed by atoms with Crippen molar-refractivity contribution >= 4 is 28.2 Å². The van der Waals surface area contributed by atoms with Gasteiger partial charge >= 0.3 is 6.01 Å². The van der Waals surface area contributed by atoms with E-state index in [1.54, 1.807) is 17.0 Å². The molecule has 1 aliphatic rings. The number of hydrogen-bond donors (Lipinski definition) is 2. The van der Waals surface area contributed by atoms with Crippen LogP contribution in [0.3, 0.4) is 0 Å². The minimum atomic E-state index is -0.276. The number of nitrogens with zero attached hydrogens (tertiary/aromatic N) is 6. The molecule has 4 rings (SSSR count). The smallest absolute Gasteiger partial charge is 0.318 e. The van der Waals surface area contributed by atoms with E-state index in [9.17, 15) is 15.2 Å². The molecular formula is C30H37N7O3. The van der Waals surface area contributed by atoms with Crippen LogP contribution in [-0.4, -0.2) is 83.7 Å². The third-order valence-corrected chi connectivity index (χ3v) is 7.03. The zero-order valence-corrected chi connectivity index (χ0v) is 23.4. The predicted octanol–water partition coefficient (Wildman–Crippen LogP) is 3.57. The Morgan fingerprint density at radius 3 is 2.83 bits per heavy atom. The first kappa shape index (κ1) is 28.6. The first-order valence-corrected chi connectivity index (χ1v) is 13.5. The number of rotatable bonds is 11. The van der Waals surface area contributed by atoms with E-state index < -0.39 is 0 Å². The van der Waals surface area contributed by atoms with E-state index in [1.165, 1.54) is 6.08 Å². The molecule has 2 aromatic carbocycles. The van der Waals surface area contributed by atoms with Gasteiger partial charge in [-0.25, -0.2) is 0 Å². The molecule has 10 nitrogen and oxygen atoms in total. The van der Waals surface area contributed by atoms with E-state index in [2.05, 4.69) is 29.8 Å². The van der Waals surface area contributed by atoms with Gasteiger partial charge in [-0.2, -0.15) is 15.2 Å². The summed E-state index contributed by atoms with van der Waals surface area (Å²) in [6.45, 7) is 8.71. The molecule has 1 aliphatic heterocycles. The van der Waals surface area contributed by atoms with Crippen molar-refractivity contribution in [2.24, 2.45) is 0 Å². The predicted molar refractivity (Wildman–Crippen MR) is 157 cm³/mol. The van der Waals surface area contributed by atoms with E-state index >= 15 is 0 Å². The topological polar surface area (TPSA) is 118 Å². The molecular weight excluding hydrogens is 506 g/mol. The van der Waals surface area contributed by atoms with Crippen molar-refractivity contribution in [3.8, 4) is 17.8 Å². The lowest BCUT2D eigenvalue weighted by molar-refractivity contribution is -0.128. The maximum absolute atomic E-state index is 12.4. The molecule has 0 spiro atoms. The van der Waals surface area contributed by atoms with Gasteiger partial charge in [0.05, 0.1) is 30.8 Å². The van der Waals surface area contributed by atoms with Gasteiger partial charge in [-0.15, -0.1) is 0 Å². The number of amides is 1. The number of benzene rings is 2. The highest BCUT2D eigenvalue weighted by Crippen LogP contribution is 2.31. The zero-order valence-electron chi connectivity index (χ0n) is 23.4. The number of piperazine rings is 1. The van der Waals surface area contributed by atoms with Crippen LogP contribution < -0.4 is 15.0 Å². The van der Waals surface area contributed by atoms with Gasteiger partial charge in [0.1, 0.15) is 18.2 Å². The maximum Gasteiger partial charge on any atom is 0.318 e. The normalized spacial score (nSPS) is 15.2. The number of ether oxygens (including phenoxy) is 1. The van der Waals surface area contributed by atoms with Crippen molar-refractivity contribution in [1.29, 1.82) is 5.26 Å². The number of hydrogen-bond acceptors (Lipinski definition) is 9. The van der Waals surface area contributed by atoms with Gasteiger partial charge in [0.15, 0.2) is 0 Å². The molecule has 1 unspecified atom stereocenters.